The Labute approximate surface area is 94.9 Å². The Morgan fingerprint density at radius 1 is 1.56 bits per heavy atom. The molecule has 1 aliphatic rings. The largest absolute Gasteiger partial charge is 0.294 e. The number of aromatic nitrogens is 2. The summed E-state index contributed by atoms with van der Waals surface area (Å²) < 4.78 is 1.80. The number of nitrogens with zero attached hydrogens (tertiary/aromatic N) is 3. The molecule has 16 heavy (non-hydrogen) atoms. The van der Waals surface area contributed by atoms with Crippen LogP contribution in [0.1, 0.15) is 42.7 Å². The van der Waals surface area contributed by atoms with E-state index >= 15 is 0 Å². The molecule has 84 valence electrons. The number of rotatable bonds is 2. The third-order valence-corrected chi connectivity index (χ3v) is 2.97. The molecule has 0 bridgehead atoms. The quantitative estimate of drug-likeness (QED) is 0.760. The zero-order valence-corrected chi connectivity index (χ0v) is 9.66. The minimum absolute atomic E-state index is 0.00844. The van der Waals surface area contributed by atoms with Crippen molar-refractivity contribution in [2.45, 2.75) is 39.7 Å². The minimum Gasteiger partial charge on any atom is -0.294 e. The van der Waals surface area contributed by atoms with Crippen LogP contribution in [-0.2, 0) is 13.0 Å². The highest BCUT2D eigenvalue weighted by Crippen LogP contribution is 2.34. The first-order valence-corrected chi connectivity index (χ1v) is 5.48. The average Bonchev–Trinajstić information content (AvgIpc) is 2.56. The molecule has 0 atom stereocenters. The van der Waals surface area contributed by atoms with Crippen molar-refractivity contribution in [2.24, 2.45) is 5.41 Å². The topological polar surface area (TPSA) is 58.7 Å². The molecule has 0 aromatic carbocycles. The lowest BCUT2D eigenvalue weighted by Gasteiger charge is -2.28. The van der Waals surface area contributed by atoms with E-state index in [4.69, 9.17) is 5.26 Å². The van der Waals surface area contributed by atoms with Gasteiger partial charge in [0, 0.05) is 12.1 Å². The van der Waals surface area contributed by atoms with Crippen LogP contribution in [0.3, 0.4) is 0 Å². The van der Waals surface area contributed by atoms with E-state index in [9.17, 15) is 4.79 Å². The lowest BCUT2D eigenvalue weighted by atomic mass is 9.76. The number of fused-ring (bicyclic) bond motifs is 1. The summed E-state index contributed by atoms with van der Waals surface area (Å²) in [4.78, 5) is 11.9. The molecule has 0 radical (unpaired) electrons. The van der Waals surface area contributed by atoms with Gasteiger partial charge in [-0.2, -0.15) is 10.4 Å². The second kappa shape index (κ2) is 3.75. The molecular formula is C12H15N3O. The van der Waals surface area contributed by atoms with Gasteiger partial charge in [0.1, 0.15) is 0 Å². The van der Waals surface area contributed by atoms with Crippen LogP contribution in [0.15, 0.2) is 6.20 Å². The lowest BCUT2D eigenvalue weighted by molar-refractivity contribution is 0.0910. The number of ketones is 1. The van der Waals surface area contributed by atoms with Gasteiger partial charge >= 0.3 is 0 Å². The molecule has 4 heteroatoms. The summed E-state index contributed by atoms with van der Waals surface area (Å²) in [6, 6.07) is 2.10. The fraction of sp³-hybridized carbons (Fsp3) is 0.583. The zero-order valence-electron chi connectivity index (χ0n) is 9.66. The normalized spacial score (nSPS) is 17.9. The molecular weight excluding hydrogens is 202 g/mol. The van der Waals surface area contributed by atoms with Crippen LogP contribution in [0, 0.1) is 16.7 Å². The highest BCUT2D eigenvalue weighted by atomic mass is 16.1. The Morgan fingerprint density at radius 2 is 2.31 bits per heavy atom. The van der Waals surface area contributed by atoms with Crippen LogP contribution in [-0.4, -0.2) is 15.6 Å². The first kappa shape index (κ1) is 10.9. The number of aryl methyl sites for hydroxylation is 1. The molecule has 0 fully saturated rings. The van der Waals surface area contributed by atoms with Gasteiger partial charge in [-0.15, -0.1) is 0 Å². The molecule has 0 N–H and O–H groups in total. The fourth-order valence-electron chi connectivity index (χ4n) is 2.22. The predicted molar refractivity (Wildman–Crippen MR) is 58.9 cm³/mol. The first-order valence-electron chi connectivity index (χ1n) is 5.48. The molecule has 1 aliphatic carbocycles. The second-order valence-corrected chi connectivity index (χ2v) is 5.08. The van der Waals surface area contributed by atoms with Crippen molar-refractivity contribution in [2.75, 3.05) is 0 Å². The number of carbonyl (C=O) groups excluding carboxylic acids is 1. The molecule has 0 saturated heterocycles. The molecule has 1 aromatic rings. The Morgan fingerprint density at radius 3 is 3.00 bits per heavy atom. The molecule has 0 unspecified atom stereocenters. The van der Waals surface area contributed by atoms with Crippen LogP contribution in [0.25, 0.3) is 0 Å². The smallest absolute Gasteiger partial charge is 0.166 e. The number of Topliss-reactive ketones (excluding diaryl/α,β-unsaturated/α-hetero) is 1. The van der Waals surface area contributed by atoms with Gasteiger partial charge in [0.25, 0.3) is 0 Å². The van der Waals surface area contributed by atoms with Gasteiger partial charge in [0.05, 0.1) is 30.8 Å². The van der Waals surface area contributed by atoms with E-state index < -0.39 is 0 Å². The van der Waals surface area contributed by atoms with Crippen LogP contribution < -0.4 is 0 Å². The molecule has 2 rings (SSSR count). The minimum atomic E-state index is 0.00844. The van der Waals surface area contributed by atoms with E-state index in [1.54, 1.807) is 10.9 Å². The number of nitriles is 1. The third-order valence-electron chi connectivity index (χ3n) is 2.97. The molecule has 0 spiro atoms. The van der Waals surface area contributed by atoms with E-state index in [1.807, 2.05) is 0 Å². The number of hydrogen-bond donors (Lipinski definition) is 0. The van der Waals surface area contributed by atoms with Crippen LogP contribution in [0.2, 0.25) is 0 Å². The summed E-state index contributed by atoms with van der Waals surface area (Å²) >= 11 is 0. The molecule has 0 saturated carbocycles. The highest BCUT2D eigenvalue weighted by Gasteiger charge is 2.33. The maximum atomic E-state index is 11.9. The molecule has 4 nitrogen and oxygen atoms in total. The Hall–Kier alpha value is -1.63. The zero-order chi connectivity index (χ0) is 11.8. The fourth-order valence-corrected chi connectivity index (χ4v) is 2.22. The van der Waals surface area contributed by atoms with Gasteiger partial charge < -0.3 is 0 Å². The predicted octanol–water partition coefficient (Wildman–Crippen LogP) is 1.95. The van der Waals surface area contributed by atoms with Crippen molar-refractivity contribution in [1.29, 1.82) is 5.26 Å². The third kappa shape index (κ3) is 1.85. The standard InChI is InChI=1S/C12H15N3O/c1-12(2)6-10-9(11(16)7-12)8-14-15(10)5-3-4-13/h8H,3,5-7H2,1-2H3. The Balaban J connectivity index is 2.34. The van der Waals surface area contributed by atoms with E-state index in [-0.39, 0.29) is 11.2 Å². The SMILES string of the molecule is CC1(C)CC(=O)c2cnn(CCC#N)c2C1. The molecule has 1 aromatic heterocycles. The lowest BCUT2D eigenvalue weighted by Crippen LogP contribution is -2.28. The second-order valence-electron chi connectivity index (χ2n) is 5.08. The highest BCUT2D eigenvalue weighted by molar-refractivity contribution is 5.98. The van der Waals surface area contributed by atoms with Gasteiger partial charge in [0.2, 0.25) is 0 Å². The van der Waals surface area contributed by atoms with E-state index in [0.717, 1.165) is 17.7 Å². The van der Waals surface area contributed by atoms with Gasteiger partial charge in [-0.05, 0) is 11.8 Å². The molecule has 1 heterocycles. The maximum Gasteiger partial charge on any atom is 0.166 e. The molecule has 0 aliphatic heterocycles. The van der Waals surface area contributed by atoms with E-state index in [1.165, 1.54) is 0 Å². The number of carbonyl (C=O) groups is 1. The summed E-state index contributed by atoms with van der Waals surface area (Å²) in [7, 11) is 0. The summed E-state index contributed by atoms with van der Waals surface area (Å²) in [6.07, 6.45) is 3.52. The van der Waals surface area contributed by atoms with Crippen molar-refractivity contribution in [3.05, 3.63) is 17.5 Å². The first-order chi connectivity index (χ1) is 7.53. The van der Waals surface area contributed by atoms with Gasteiger partial charge in [0.15, 0.2) is 5.78 Å². The van der Waals surface area contributed by atoms with Gasteiger partial charge in [-0.1, -0.05) is 13.8 Å². The summed E-state index contributed by atoms with van der Waals surface area (Å²) in [6.45, 7) is 4.76. The Bertz CT molecular complexity index is 465. The van der Waals surface area contributed by atoms with Crippen molar-refractivity contribution >= 4 is 5.78 Å². The summed E-state index contributed by atoms with van der Waals surface area (Å²) in [5, 5.41) is 12.8. The Kier molecular flexibility index (Phi) is 2.55. The molecule has 0 amide bonds. The van der Waals surface area contributed by atoms with Crippen molar-refractivity contribution in [3.63, 3.8) is 0 Å². The summed E-state index contributed by atoms with van der Waals surface area (Å²) in [5.74, 6) is 0.175. The summed E-state index contributed by atoms with van der Waals surface area (Å²) in [5.41, 5.74) is 1.75. The van der Waals surface area contributed by atoms with E-state index in [2.05, 4.69) is 25.0 Å². The van der Waals surface area contributed by atoms with Crippen LogP contribution in [0.5, 0.6) is 0 Å². The van der Waals surface area contributed by atoms with Gasteiger partial charge in [-0.3, -0.25) is 9.48 Å². The average molecular weight is 217 g/mol. The maximum absolute atomic E-state index is 11.9. The van der Waals surface area contributed by atoms with Gasteiger partial charge in [-0.25, -0.2) is 0 Å². The van der Waals surface area contributed by atoms with Crippen molar-refractivity contribution in [1.82, 2.24) is 9.78 Å². The number of hydrogen-bond acceptors (Lipinski definition) is 3. The van der Waals surface area contributed by atoms with Crippen LogP contribution in [0.4, 0.5) is 0 Å². The van der Waals surface area contributed by atoms with Crippen molar-refractivity contribution in [3.8, 4) is 6.07 Å². The van der Waals surface area contributed by atoms with E-state index in [0.29, 0.717) is 19.4 Å². The monoisotopic (exact) mass is 217 g/mol. The van der Waals surface area contributed by atoms with Crippen LogP contribution >= 0.6 is 0 Å². The van der Waals surface area contributed by atoms with Crippen molar-refractivity contribution < 1.29 is 4.79 Å².